The number of aliphatic hydroxyl groups excluding tert-OH is 1. The molecule has 4 heterocycles. The lowest BCUT2D eigenvalue weighted by molar-refractivity contribution is -0.876. The third-order valence-electron chi connectivity index (χ3n) is 19.1. The minimum Gasteiger partial charge on any atom is -0.633 e. The Labute approximate surface area is 658 Å². The average Bonchev–Trinajstić information content (AvgIpc) is 0.806. The van der Waals surface area contributed by atoms with E-state index in [1.807, 2.05) is 81.9 Å². The average molecular weight is 1530 g/mol. The Morgan fingerprint density at radius 1 is 0.505 bits per heavy atom. The van der Waals surface area contributed by atoms with E-state index in [0.717, 1.165) is 117 Å². The Morgan fingerprint density at radius 2 is 0.916 bits per heavy atom. The predicted molar refractivity (Wildman–Crippen MR) is 453 cm³/mol. The molecule has 2 atom stereocenters. The lowest BCUT2D eigenvalue weighted by Crippen LogP contribution is -2.53. The number of ether oxygens (including phenoxy) is 2. The van der Waals surface area contributed by atoms with Crippen LogP contribution in [0.5, 0.6) is 0 Å². The van der Waals surface area contributed by atoms with E-state index in [9.17, 15) is 19.3 Å². The second-order valence-electron chi connectivity index (χ2n) is 30.5. The summed E-state index contributed by atoms with van der Waals surface area (Å²) in [6, 6.07) is 59.8. The van der Waals surface area contributed by atoms with Crippen LogP contribution in [0.3, 0.4) is 0 Å². The first-order chi connectivity index (χ1) is 50.0. The summed E-state index contributed by atoms with van der Waals surface area (Å²) in [5.41, 5.74) is 14.9. The van der Waals surface area contributed by atoms with Gasteiger partial charge < -0.3 is 68.1 Å². The van der Waals surface area contributed by atoms with Crippen LogP contribution in [0.25, 0.3) is 0 Å². The molecular weight excluding hydrogens is 1410 g/mol. The van der Waals surface area contributed by atoms with Gasteiger partial charge in [-0.1, -0.05) is 164 Å². The van der Waals surface area contributed by atoms with Crippen molar-refractivity contribution in [1.82, 2.24) is 15.1 Å². The van der Waals surface area contributed by atoms with E-state index >= 15 is 0 Å². The van der Waals surface area contributed by atoms with Crippen LogP contribution in [-0.4, -0.2) is 226 Å². The van der Waals surface area contributed by atoms with Gasteiger partial charge in [0.2, 0.25) is 0 Å². The van der Waals surface area contributed by atoms with Crippen LogP contribution in [-0.2, 0) is 26.9 Å². The second kappa shape index (κ2) is 41.2. The fourth-order valence-corrected chi connectivity index (χ4v) is 17.4. The third-order valence-corrected chi connectivity index (χ3v) is 24.4. The van der Waals surface area contributed by atoms with Gasteiger partial charge in [0.1, 0.15) is 13.1 Å². The maximum Gasteiger partial charge on any atom is 0.412 e. The zero-order valence-electron chi connectivity index (χ0n) is 65.0. The van der Waals surface area contributed by atoms with Crippen molar-refractivity contribution in [2.45, 2.75) is 115 Å². The normalized spacial score (nSPS) is 15.9. The fourth-order valence-electron chi connectivity index (χ4n) is 13.0. The molecule has 107 heavy (non-hydrogen) atoms. The highest BCUT2D eigenvalue weighted by Gasteiger charge is 2.29. The maximum absolute atomic E-state index is 13.2. The molecule has 1 unspecified atom stereocenters. The number of carbonyl (C=O) groups is 1. The number of hydroxylamine groups is 3. The van der Waals surface area contributed by atoms with Crippen LogP contribution in [0.2, 0.25) is 0 Å². The number of hydrogen-bond acceptors (Lipinski definition) is 15. The third kappa shape index (κ3) is 27.0. The lowest BCUT2D eigenvalue weighted by Gasteiger charge is -2.46. The number of para-hydroxylation sites is 4. The Balaban J connectivity index is 0.000000199. The number of hydrogen-bond donors (Lipinski definition) is 2. The molecule has 4 aliphatic heterocycles. The summed E-state index contributed by atoms with van der Waals surface area (Å²) in [5, 5.41) is 25.5. The Morgan fingerprint density at radius 3 is 1.38 bits per heavy atom. The smallest absolute Gasteiger partial charge is 0.412 e. The first-order valence-electron chi connectivity index (χ1n) is 36.9. The van der Waals surface area contributed by atoms with E-state index < -0.39 is 23.2 Å². The Kier molecular flexibility index (Phi) is 33.7. The highest BCUT2D eigenvalue weighted by molar-refractivity contribution is 8.00. The number of piperazine rings is 4. The monoisotopic (exact) mass is 1530 g/mol. The van der Waals surface area contributed by atoms with Crippen molar-refractivity contribution in [2.24, 2.45) is 0 Å². The van der Waals surface area contributed by atoms with Gasteiger partial charge in [0.15, 0.2) is 0 Å². The van der Waals surface area contributed by atoms with Gasteiger partial charge in [0.05, 0.1) is 127 Å². The fraction of sp³-hybridized carbons (Fsp3) is 0.437. The predicted octanol–water partition coefficient (Wildman–Crippen LogP) is 16.2. The zero-order valence-corrected chi connectivity index (χ0v) is 68.3. The molecule has 1 amide bonds. The van der Waals surface area contributed by atoms with Crippen LogP contribution in [0.15, 0.2) is 209 Å². The molecule has 0 aliphatic carbocycles. The molecule has 0 spiro atoms. The van der Waals surface area contributed by atoms with Crippen LogP contribution >= 0.6 is 35.3 Å². The molecule has 8 aromatic carbocycles. The molecule has 2 N–H and O–H groups in total. The second-order valence-corrected chi connectivity index (χ2v) is 35.1. The van der Waals surface area contributed by atoms with Gasteiger partial charge in [0, 0.05) is 113 Å². The first kappa shape index (κ1) is 87.3. The van der Waals surface area contributed by atoms with Gasteiger partial charge in [-0.25, -0.2) is 9.00 Å². The molecule has 580 valence electrons. The molecule has 12 rings (SSSR count). The highest BCUT2D eigenvalue weighted by Crippen LogP contribution is 2.41. The van der Waals surface area contributed by atoms with Crippen molar-refractivity contribution < 1.29 is 37.2 Å². The van der Waals surface area contributed by atoms with E-state index in [4.69, 9.17) is 9.47 Å². The van der Waals surface area contributed by atoms with Crippen molar-refractivity contribution in [3.63, 3.8) is 0 Å². The molecule has 0 radical (unpaired) electrons. The van der Waals surface area contributed by atoms with E-state index in [1.54, 1.807) is 23.7 Å². The molecule has 16 nitrogen and oxygen atoms in total. The van der Waals surface area contributed by atoms with Crippen molar-refractivity contribution in [3.8, 4) is 0 Å². The number of quaternary nitrogens is 3. The lowest BCUT2D eigenvalue weighted by atomic mass is 10.1. The summed E-state index contributed by atoms with van der Waals surface area (Å²) in [7, 11) is 15.2. The topological polar surface area (TPSA) is 127 Å². The largest absolute Gasteiger partial charge is 0.633 e. The summed E-state index contributed by atoms with van der Waals surface area (Å²) >= 11 is 5.47. The summed E-state index contributed by atoms with van der Waals surface area (Å²) in [6.45, 7) is 31.6. The molecule has 0 bridgehead atoms. The molecule has 4 saturated heterocycles. The van der Waals surface area contributed by atoms with Gasteiger partial charge in [-0.2, -0.15) is 0 Å². The van der Waals surface area contributed by atoms with Gasteiger partial charge in [0.25, 0.3) is 6.29 Å². The standard InChI is InChI=1S/C24H34N3O3S.C23H34N3OS.2C19H24N2OS.2CH4/c1-18-10-11-21(19(2)16-18)31-22-9-7-6-8-20(22)25-12-14-26(15-13-25)24(29)30-23(28)17-27(3,4)5;1-19-17-20(18-27-16-15-26(2,3)4)9-10-22(19)28-23-8-6-5-7-21(23)25-13-11-24-12-14-25;1-15-8-9-18(16(2)14-15)23-19-7-5-4-6-17(19)20-10-12-21(3,22)13-11-20;1-15-8-9-18(16(2)14-15)23(22)19-7-5-4-6-17(19)21-12-10-20(3)11-13-21;;/h6-11,16,23,28H,12-15,17H2,1-5H3;5-10,17,24H,11-16,18H2,1-4H3;2*4-9,14H,10-13H2,1-3H3;2*1H4/q2*+1;;;;/t23-;;;;;/m1...../s1. The number of nitrogens with zero attached hydrogens (tertiary/aromatic N) is 9. The number of carbonyl (C=O) groups excluding carboxylic acids is 1. The number of likely N-dealkylation sites (N-methyl/N-ethyl adjacent to an activating group) is 4. The van der Waals surface area contributed by atoms with Crippen LogP contribution in [0.4, 0.5) is 27.5 Å². The SMILES string of the molecule is C.C.Cc1cc(COCC[N+](C)(C)C)ccc1Sc1ccccc1N1CCNCC1.Cc1ccc(S(=O)c2ccccc2N2CCN(C)CC2)c(C)c1.Cc1ccc(Sc2ccccc2N2CCN(C(=O)O[C@@H](O)C[N+](C)(C)C)CC2)c(C)c1.Cc1ccc(Sc2ccccc2N2CC[N+](C)([O-])CC2)c(C)c1. The number of anilines is 4. The minimum absolute atomic E-state index is 0. The molecule has 20 heteroatoms. The minimum atomic E-state index is -1.14. The number of rotatable bonds is 20. The Bertz CT molecular complexity index is 4130. The molecule has 0 saturated carbocycles. The molecular formula is C87H124N10O6S4+2. The van der Waals surface area contributed by atoms with E-state index in [0.29, 0.717) is 43.8 Å². The van der Waals surface area contributed by atoms with Crippen LogP contribution < -0.4 is 24.9 Å². The van der Waals surface area contributed by atoms with Crippen molar-refractivity contribution >= 4 is 74.9 Å². The van der Waals surface area contributed by atoms with Crippen molar-refractivity contribution in [1.29, 1.82) is 0 Å². The summed E-state index contributed by atoms with van der Waals surface area (Å²) in [4.78, 5) is 35.5. The van der Waals surface area contributed by atoms with Gasteiger partial charge in [-0.05, 0) is 156 Å². The highest BCUT2D eigenvalue weighted by atomic mass is 32.2. The maximum atomic E-state index is 13.2. The summed E-state index contributed by atoms with van der Waals surface area (Å²) in [5.74, 6) is 0. The van der Waals surface area contributed by atoms with Gasteiger partial charge in [-0.15, -0.1) is 0 Å². The van der Waals surface area contributed by atoms with E-state index in [-0.39, 0.29) is 19.5 Å². The molecule has 4 aliphatic rings. The number of nitrogens with one attached hydrogen (secondary N) is 1. The zero-order chi connectivity index (χ0) is 75.4. The first-order valence-corrected chi connectivity index (χ1v) is 40.5. The Hall–Kier alpha value is -6.89. The molecule has 4 fully saturated rings. The van der Waals surface area contributed by atoms with Gasteiger partial charge in [-0.3, -0.25) is 0 Å². The van der Waals surface area contributed by atoms with Crippen LogP contribution in [0, 0.1) is 53.7 Å². The van der Waals surface area contributed by atoms with Gasteiger partial charge >= 0.3 is 6.09 Å². The number of amides is 1. The number of aliphatic hydroxyl groups is 1. The number of benzene rings is 8. The summed E-state index contributed by atoms with van der Waals surface area (Å²) < 4.78 is 25.6. The van der Waals surface area contributed by atoms with Crippen molar-refractivity contribution in [3.05, 3.63) is 220 Å². The van der Waals surface area contributed by atoms with Crippen molar-refractivity contribution in [2.75, 3.05) is 200 Å². The number of aryl methyl sites for hydroxylation is 7. The van der Waals surface area contributed by atoms with Crippen LogP contribution in [0.1, 0.15) is 59.4 Å². The summed E-state index contributed by atoms with van der Waals surface area (Å²) in [6.07, 6.45) is -1.54. The van der Waals surface area contributed by atoms with E-state index in [1.165, 1.54) is 85.4 Å². The molecule has 8 aromatic rings. The van der Waals surface area contributed by atoms with E-state index in [2.05, 4.69) is 239 Å². The quantitative estimate of drug-likeness (QED) is 0.0325. The molecule has 0 aromatic heterocycles.